The van der Waals surface area contributed by atoms with Crippen LogP contribution in [0.3, 0.4) is 0 Å². The maximum Gasteiger partial charge on any atom is 0.439 e. The topological polar surface area (TPSA) is 127 Å². The maximum absolute atomic E-state index is 11.8. The molecule has 4 aliphatic rings. The van der Waals surface area contributed by atoms with Gasteiger partial charge in [-0.25, -0.2) is 14.8 Å². The predicted octanol–water partition coefficient (Wildman–Crippen LogP) is 4.74. The SMILES string of the molecule is CC1CCC(Cn2c(N3CCOC4CCCCC43)nc3nc(-c4noc(=O)[nH]4)nc(N[C@H](C)C4CCC4)c32)CC1. The lowest BCUT2D eigenvalue weighted by atomic mass is 9.80. The van der Waals surface area contributed by atoms with Crippen LogP contribution >= 0.6 is 0 Å². The average molecular weight is 551 g/mol. The number of H-pyrrole nitrogens is 1. The highest BCUT2D eigenvalue weighted by molar-refractivity contribution is 5.87. The summed E-state index contributed by atoms with van der Waals surface area (Å²) in [6, 6.07) is 0.596. The van der Waals surface area contributed by atoms with Gasteiger partial charge in [-0.2, -0.15) is 4.98 Å². The molecule has 3 atom stereocenters. The number of nitrogens with zero attached hydrogens (tertiary/aromatic N) is 6. The van der Waals surface area contributed by atoms with E-state index in [2.05, 4.69) is 38.8 Å². The Labute approximate surface area is 234 Å². The molecule has 3 aromatic rings. The lowest BCUT2D eigenvalue weighted by molar-refractivity contribution is -0.00958. The van der Waals surface area contributed by atoms with E-state index in [0.29, 0.717) is 36.0 Å². The molecule has 4 fully saturated rings. The number of fused-ring (bicyclic) bond motifs is 2. The number of morpholine rings is 1. The number of anilines is 2. The Morgan fingerprint density at radius 2 is 1.85 bits per heavy atom. The summed E-state index contributed by atoms with van der Waals surface area (Å²) >= 11 is 0. The summed E-state index contributed by atoms with van der Waals surface area (Å²) in [6.45, 7) is 7.06. The van der Waals surface area contributed by atoms with Crippen LogP contribution in [0.2, 0.25) is 0 Å². The molecule has 1 saturated heterocycles. The molecule has 1 aliphatic heterocycles. The predicted molar refractivity (Wildman–Crippen MR) is 152 cm³/mol. The summed E-state index contributed by atoms with van der Waals surface area (Å²) in [5.41, 5.74) is 1.59. The molecule has 3 aromatic heterocycles. The Bertz CT molecular complexity index is 1380. The van der Waals surface area contributed by atoms with Gasteiger partial charge in [0, 0.05) is 19.1 Å². The van der Waals surface area contributed by atoms with E-state index in [-0.39, 0.29) is 18.0 Å². The third-order valence-electron chi connectivity index (χ3n) is 10.0. The fraction of sp³-hybridized carbons (Fsp3) is 0.759. The number of rotatable bonds is 7. The van der Waals surface area contributed by atoms with Gasteiger partial charge in [0.25, 0.3) is 0 Å². The monoisotopic (exact) mass is 550 g/mol. The highest BCUT2D eigenvalue weighted by Crippen LogP contribution is 2.38. The van der Waals surface area contributed by atoms with Crippen LogP contribution < -0.4 is 16.0 Å². The van der Waals surface area contributed by atoms with Gasteiger partial charge >= 0.3 is 5.76 Å². The molecule has 2 unspecified atom stereocenters. The number of ether oxygens (including phenoxy) is 1. The van der Waals surface area contributed by atoms with Crippen LogP contribution in [-0.4, -0.2) is 61.0 Å². The maximum atomic E-state index is 11.8. The number of aromatic nitrogens is 6. The van der Waals surface area contributed by atoms with Gasteiger partial charge in [-0.3, -0.25) is 9.51 Å². The van der Waals surface area contributed by atoms with Gasteiger partial charge < -0.3 is 19.5 Å². The van der Waals surface area contributed by atoms with E-state index in [4.69, 9.17) is 24.2 Å². The molecule has 216 valence electrons. The van der Waals surface area contributed by atoms with Crippen LogP contribution in [0.5, 0.6) is 0 Å². The summed E-state index contributed by atoms with van der Waals surface area (Å²) < 4.78 is 13.5. The lowest BCUT2D eigenvalue weighted by Crippen LogP contribution is -2.53. The van der Waals surface area contributed by atoms with Gasteiger partial charge in [0.1, 0.15) is 5.52 Å². The van der Waals surface area contributed by atoms with Crippen molar-refractivity contribution in [2.75, 3.05) is 23.4 Å². The molecule has 11 heteroatoms. The van der Waals surface area contributed by atoms with Gasteiger partial charge in [-0.15, -0.1) is 0 Å². The zero-order valence-electron chi connectivity index (χ0n) is 23.8. The van der Waals surface area contributed by atoms with Gasteiger partial charge in [0.15, 0.2) is 11.5 Å². The first-order chi connectivity index (χ1) is 19.5. The van der Waals surface area contributed by atoms with Gasteiger partial charge in [0.2, 0.25) is 17.6 Å². The van der Waals surface area contributed by atoms with Crippen molar-refractivity contribution < 1.29 is 9.26 Å². The molecule has 4 heterocycles. The molecule has 7 rings (SSSR count). The van der Waals surface area contributed by atoms with E-state index < -0.39 is 5.76 Å². The second-order valence-corrected chi connectivity index (χ2v) is 12.7. The van der Waals surface area contributed by atoms with Crippen LogP contribution in [0.1, 0.15) is 84.5 Å². The van der Waals surface area contributed by atoms with E-state index in [9.17, 15) is 4.79 Å². The van der Waals surface area contributed by atoms with Crippen LogP contribution in [-0.2, 0) is 11.3 Å². The second kappa shape index (κ2) is 10.8. The molecule has 0 aromatic carbocycles. The van der Waals surface area contributed by atoms with Crippen LogP contribution in [0.4, 0.5) is 11.8 Å². The molecular weight excluding hydrogens is 508 g/mol. The Hall–Kier alpha value is -2.95. The molecule has 3 aliphatic carbocycles. The molecule has 0 spiro atoms. The van der Waals surface area contributed by atoms with E-state index in [1.165, 1.54) is 57.8 Å². The lowest BCUT2D eigenvalue weighted by Gasteiger charge is -2.44. The Balaban J connectivity index is 1.36. The molecule has 3 saturated carbocycles. The summed E-state index contributed by atoms with van der Waals surface area (Å²) in [5, 5.41) is 7.65. The third-order valence-corrected chi connectivity index (χ3v) is 10.0. The van der Waals surface area contributed by atoms with Crippen molar-refractivity contribution in [3.8, 4) is 11.6 Å². The normalized spacial score (nSPS) is 28.3. The third kappa shape index (κ3) is 4.90. The first-order valence-corrected chi connectivity index (χ1v) is 15.5. The van der Waals surface area contributed by atoms with Crippen LogP contribution in [0, 0.1) is 17.8 Å². The number of imidazole rings is 1. The summed E-state index contributed by atoms with van der Waals surface area (Å²) in [6.07, 6.45) is 13.7. The fourth-order valence-corrected chi connectivity index (χ4v) is 7.34. The number of hydrogen-bond acceptors (Lipinski definition) is 9. The van der Waals surface area contributed by atoms with E-state index in [1.54, 1.807) is 0 Å². The highest BCUT2D eigenvalue weighted by atomic mass is 16.5. The largest absolute Gasteiger partial charge is 0.439 e. The standard InChI is InChI=1S/C29H42N8O3/c1-17-10-12-19(13-11-17)16-37-23-24(30-18(2)20-6-5-7-20)31-26(27-34-29(38)40-35-27)32-25(23)33-28(37)36-14-15-39-22-9-4-3-8-21(22)36/h17-22H,3-16H2,1-2H3,(H,30,31,32)(H,34,35,38)/t17?,18-,19?,21?,22?/m1/s1. The number of aromatic amines is 1. The Kier molecular flexibility index (Phi) is 7.01. The molecule has 11 nitrogen and oxygen atoms in total. The van der Waals surface area contributed by atoms with Gasteiger partial charge in [0.05, 0.1) is 18.8 Å². The fourth-order valence-electron chi connectivity index (χ4n) is 7.34. The van der Waals surface area contributed by atoms with Crippen molar-refractivity contribution in [3.63, 3.8) is 0 Å². The van der Waals surface area contributed by atoms with Gasteiger partial charge in [-0.1, -0.05) is 44.2 Å². The summed E-state index contributed by atoms with van der Waals surface area (Å²) in [5.74, 6) is 3.69. The summed E-state index contributed by atoms with van der Waals surface area (Å²) in [7, 11) is 0. The second-order valence-electron chi connectivity index (χ2n) is 12.7. The van der Waals surface area contributed by atoms with Crippen molar-refractivity contribution >= 4 is 22.9 Å². The quantitative estimate of drug-likeness (QED) is 0.429. The minimum atomic E-state index is -0.620. The average Bonchev–Trinajstić information content (AvgIpc) is 3.52. The van der Waals surface area contributed by atoms with Crippen molar-refractivity contribution in [2.45, 2.75) is 109 Å². The minimum absolute atomic E-state index is 0.224. The smallest absolute Gasteiger partial charge is 0.374 e. The molecule has 40 heavy (non-hydrogen) atoms. The first-order valence-electron chi connectivity index (χ1n) is 15.5. The Morgan fingerprint density at radius 1 is 1.02 bits per heavy atom. The van der Waals surface area contributed by atoms with Crippen molar-refractivity contribution in [2.24, 2.45) is 17.8 Å². The molecular formula is C29H42N8O3. The zero-order chi connectivity index (χ0) is 27.2. The zero-order valence-corrected chi connectivity index (χ0v) is 23.8. The molecule has 0 radical (unpaired) electrons. The van der Waals surface area contributed by atoms with E-state index in [0.717, 1.165) is 49.1 Å². The van der Waals surface area contributed by atoms with Crippen molar-refractivity contribution in [3.05, 3.63) is 10.6 Å². The van der Waals surface area contributed by atoms with E-state index >= 15 is 0 Å². The highest BCUT2D eigenvalue weighted by Gasteiger charge is 2.38. The molecule has 0 bridgehead atoms. The molecule has 2 N–H and O–H groups in total. The van der Waals surface area contributed by atoms with Crippen LogP contribution in [0.15, 0.2) is 9.32 Å². The van der Waals surface area contributed by atoms with Crippen molar-refractivity contribution in [1.29, 1.82) is 0 Å². The number of hydrogen-bond donors (Lipinski definition) is 2. The van der Waals surface area contributed by atoms with Crippen molar-refractivity contribution in [1.82, 2.24) is 29.7 Å². The minimum Gasteiger partial charge on any atom is -0.374 e. The molecule has 0 amide bonds. The van der Waals surface area contributed by atoms with E-state index in [1.807, 2.05) is 0 Å². The number of nitrogens with one attached hydrogen (secondary N) is 2. The first kappa shape index (κ1) is 26.0. The summed E-state index contributed by atoms with van der Waals surface area (Å²) in [4.78, 5) is 31.9. The van der Waals surface area contributed by atoms with Gasteiger partial charge in [-0.05, 0) is 63.2 Å². The Morgan fingerprint density at radius 3 is 2.60 bits per heavy atom. The van der Waals surface area contributed by atoms with Crippen LogP contribution in [0.25, 0.3) is 22.8 Å².